The molecule has 0 aromatic heterocycles. The number of benzene rings is 2. The van der Waals surface area contributed by atoms with Crippen molar-refractivity contribution in [3.8, 4) is 11.5 Å². The number of carbonyl (C=O) groups excluding carboxylic acids is 3. The minimum Gasteiger partial charge on any atom is -0.490 e. The Morgan fingerprint density at radius 1 is 0.897 bits per heavy atom. The summed E-state index contributed by atoms with van der Waals surface area (Å²) in [6, 6.07) is 13.4. The van der Waals surface area contributed by atoms with Crippen molar-refractivity contribution in [1.29, 1.82) is 0 Å². The Morgan fingerprint density at radius 3 is 2.31 bits per heavy atom. The smallest absolute Gasteiger partial charge is 0.344 e. The molecule has 29 heavy (non-hydrogen) atoms. The van der Waals surface area contributed by atoms with Crippen molar-refractivity contribution in [1.82, 2.24) is 5.32 Å². The molecule has 154 valence electrons. The van der Waals surface area contributed by atoms with Gasteiger partial charge in [-0.2, -0.15) is 0 Å². The molecule has 0 unspecified atom stereocenters. The largest absolute Gasteiger partial charge is 0.490 e. The lowest BCUT2D eigenvalue weighted by atomic mass is 10.2. The maximum absolute atomic E-state index is 12.0. The highest BCUT2D eigenvalue weighted by atomic mass is 16.6. The fraction of sp³-hybridized carbons (Fsp3) is 0.286. The molecule has 0 aliphatic carbocycles. The van der Waals surface area contributed by atoms with Gasteiger partial charge in [-0.05, 0) is 44.2 Å². The summed E-state index contributed by atoms with van der Waals surface area (Å²) in [7, 11) is 0. The van der Waals surface area contributed by atoms with Crippen LogP contribution in [0.25, 0.3) is 0 Å². The summed E-state index contributed by atoms with van der Waals surface area (Å²) < 4.78 is 15.7. The predicted octanol–water partition coefficient (Wildman–Crippen LogP) is 2.40. The van der Waals surface area contributed by atoms with E-state index in [4.69, 9.17) is 14.2 Å². The summed E-state index contributed by atoms with van der Waals surface area (Å²) in [4.78, 5) is 35.7. The second-order valence-electron chi connectivity index (χ2n) is 5.82. The van der Waals surface area contributed by atoms with Crippen molar-refractivity contribution in [2.75, 3.05) is 31.7 Å². The van der Waals surface area contributed by atoms with Crippen LogP contribution in [0.1, 0.15) is 24.2 Å². The zero-order chi connectivity index (χ0) is 21.1. The summed E-state index contributed by atoms with van der Waals surface area (Å²) in [5, 5.41) is 5.26. The van der Waals surface area contributed by atoms with Crippen LogP contribution in [0.4, 0.5) is 5.69 Å². The molecule has 0 saturated carbocycles. The maximum Gasteiger partial charge on any atom is 0.344 e. The molecular formula is C21H24N2O6. The maximum atomic E-state index is 12.0. The van der Waals surface area contributed by atoms with Crippen molar-refractivity contribution in [2.24, 2.45) is 0 Å². The molecule has 2 amide bonds. The van der Waals surface area contributed by atoms with Gasteiger partial charge in [-0.25, -0.2) is 4.79 Å². The Morgan fingerprint density at radius 2 is 1.62 bits per heavy atom. The van der Waals surface area contributed by atoms with E-state index in [-0.39, 0.29) is 12.5 Å². The van der Waals surface area contributed by atoms with E-state index < -0.39 is 18.5 Å². The van der Waals surface area contributed by atoms with Crippen LogP contribution in [-0.2, 0) is 14.3 Å². The summed E-state index contributed by atoms with van der Waals surface area (Å²) in [6.07, 6.45) is 0. The molecule has 0 spiro atoms. The number of amides is 2. The lowest BCUT2D eigenvalue weighted by Crippen LogP contribution is -2.24. The Kier molecular flexibility index (Phi) is 8.50. The molecule has 0 fully saturated rings. The zero-order valence-electron chi connectivity index (χ0n) is 16.4. The Hall–Kier alpha value is -3.55. The lowest BCUT2D eigenvalue weighted by Gasteiger charge is -2.11. The van der Waals surface area contributed by atoms with Crippen LogP contribution in [-0.4, -0.2) is 44.1 Å². The van der Waals surface area contributed by atoms with Crippen molar-refractivity contribution in [3.05, 3.63) is 54.1 Å². The minimum atomic E-state index is -0.692. The Bertz CT molecular complexity index is 853. The van der Waals surface area contributed by atoms with E-state index in [1.165, 1.54) is 0 Å². The number of anilines is 1. The molecule has 2 rings (SSSR count). The molecule has 0 radical (unpaired) electrons. The predicted molar refractivity (Wildman–Crippen MR) is 107 cm³/mol. The highest BCUT2D eigenvalue weighted by Gasteiger charge is 2.12. The van der Waals surface area contributed by atoms with Crippen LogP contribution >= 0.6 is 0 Å². The van der Waals surface area contributed by atoms with Gasteiger partial charge in [0.15, 0.2) is 24.7 Å². The quantitative estimate of drug-likeness (QED) is 0.594. The number of rotatable bonds is 10. The first kappa shape index (κ1) is 21.7. The molecule has 0 heterocycles. The molecule has 0 bridgehead atoms. The summed E-state index contributed by atoms with van der Waals surface area (Å²) in [5.74, 6) is -0.520. The second-order valence-corrected chi connectivity index (χ2v) is 5.82. The van der Waals surface area contributed by atoms with Crippen LogP contribution in [0.5, 0.6) is 11.5 Å². The van der Waals surface area contributed by atoms with Crippen molar-refractivity contribution < 1.29 is 28.6 Å². The van der Waals surface area contributed by atoms with Gasteiger partial charge < -0.3 is 24.8 Å². The molecule has 0 saturated heterocycles. The average molecular weight is 400 g/mol. The van der Waals surface area contributed by atoms with E-state index in [2.05, 4.69) is 10.6 Å². The van der Waals surface area contributed by atoms with Gasteiger partial charge in [0.1, 0.15) is 0 Å². The number of hydrogen-bond donors (Lipinski definition) is 2. The fourth-order valence-corrected chi connectivity index (χ4v) is 2.37. The monoisotopic (exact) mass is 400 g/mol. The molecule has 0 aliphatic rings. The van der Waals surface area contributed by atoms with Gasteiger partial charge in [0, 0.05) is 17.8 Å². The standard InChI is InChI=1S/C21H24N2O6/c1-3-22-21(26)15-8-7-9-16(12-15)23-19(24)13-29-20(25)14-28-18-11-6-5-10-17(18)27-4-2/h5-12H,3-4,13-14H2,1-2H3,(H,22,26)(H,23,24). The van der Waals surface area contributed by atoms with Crippen molar-refractivity contribution in [2.45, 2.75) is 13.8 Å². The van der Waals surface area contributed by atoms with Crippen LogP contribution in [0.2, 0.25) is 0 Å². The molecule has 8 heteroatoms. The van der Waals surface area contributed by atoms with Crippen LogP contribution in [0.15, 0.2) is 48.5 Å². The summed E-state index contributed by atoms with van der Waals surface area (Å²) in [6.45, 7) is 3.80. The Balaban J connectivity index is 1.80. The van der Waals surface area contributed by atoms with Crippen molar-refractivity contribution in [3.63, 3.8) is 0 Å². The van der Waals surface area contributed by atoms with E-state index in [0.29, 0.717) is 35.9 Å². The first-order valence-electron chi connectivity index (χ1n) is 9.21. The first-order valence-corrected chi connectivity index (χ1v) is 9.21. The fourth-order valence-electron chi connectivity index (χ4n) is 2.37. The van der Waals surface area contributed by atoms with Gasteiger partial charge in [0.25, 0.3) is 11.8 Å². The molecule has 2 aromatic carbocycles. The summed E-state index contributed by atoms with van der Waals surface area (Å²) in [5.41, 5.74) is 0.847. The summed E-state index contributed by atoms with van der Waals surface area (Å²) >= 11 is 0. The lowest BCUT2D eigenvalue weighted by molar-refractivity contribution is -0.149. The van der Waals surface area contributed by atoms with Crippen LogP contribution in [0.3, 0.4) is 0 Å². The average Bonchev–Trinajstić information content (AvgIpc) is 2.72. The van der Waals surface area contributed by atoms with Gasteiger partial charge in [0.05, 0.1) is 6.61 Å². The van der Waals surface area contributed by atoms with E-state index in [1.807, 2.05) is 13.8 Å². The van der Waals surface area contributed by atoms with Crippen molar-refractivity contribution >= 4 is 23.5 Å². The number of para-hydroxylation sites is 2. The number of nitrogens with one attached hydrogen (secondary N) is 2. The van der Waals surface area contributed by atoms with Gasteiger partial charge in [0.2, 0.25) is 0 Å². The molecular weight excluding hydrogens is 376 g/mol. The zero-order valence-corrected chi connectivity index (χ0v) is 16.4. The second kappa shape index (κ2) is 11.3. The molecule has 2 aromatic rings. The molecule has 2 N–H and O–H groups in total. The van der Waals surface area contributed by atoms with Gasteiger partial charge >= 0.3 is 5.97 Å². The highest BCUT2D eigenvalue weighted by molar-refractivity contribution is 5.97. The van der Waals surface area contributed by atoms with E-state index >= 15 is 0 Å². The normalized spacial score (nSPS) is 10.0. The molecule has 0 atom stereocenters. The number of ether oxygens (including phenoxy) is 3. The minimum absolute atomic E-state index is 0.237. The number of esters is 1. The third-order valence-electron chi connectivity index (χ3n) is 3.60. The van der Waals surface area contributed by atoms with Gasteiger partial charge in [-0.3, -0.25) is 9.59 Å². The SMILES string of the molecule is CCNC(=O)c1cccc(NC(=O)COC(=O)COc2ccccc2OCC)c1. The van der Waals surface area contributed by atoms with Gasteiger partial charge in [-0.15, -0.1) is 0 Å². The number of carbonyl (C=O) groups is 3. The first-order chi connectivity index (χ1) is 14.0. The van der Waals surface area contributed by atoms with E-state index in [9.17, 15) is 14.4 Å². The van der Waals surface area contributed by atoms with Gasteiger partial charge in [-0.1, -0.05) is 18.2 Å². The topological polar surface area (TPSA) is 103 Å². The third-order valence-corrected chi connectivity index (χ3v) is 3.60. The van der Waals surface area contributed by atoms with E-state index in [1.54, 1.807) is 48.5 Å². The molecule has 0 aliphatic heterocycles. The third kappa shape index (κ3) is 7.17. The van der Waals surface area contributed by atoms with E-state index in [0.717, 1.165) is 0 Å². The highest BCUT2D eigenvalue weighted by Crippen LogP contribution is 2.26. The number of hydrogen-bond acceptors (Lipinski definition) is 6. The Labute approximate surface area is 169 Å². The molecule has 8 nitrogen and oxygen atoms in total. The van der Waals surface area contributed by atoms with Crippen LogP contribution < -0.4 is 20.1 Å². The van der Waals surface area contributed by atoms with Crippen LogP contribution in [0, 0.1) is 0 Å².